The summed E-state index contributed by atoms with van der Waals surface area (Å²) in [4.78, 5) is 23.7. The van der Waals surface area contributed by atoms with Crippen molar-refractivity contribution in [1.82, 2.24) is 15.2 Å². The number of nitro groups is 1. The number of carbonyl (C=O) groups excluding carboxylic acids is 1. The zero-order chi connectivity index (χ0) is 24.4. The minimum absolute atomic E-state index is 0.277. The largest absolute Gasteiger partial charge is 0.320 e. The van der Waals surface area contributed by atoms with E-state index in [0.29, 0.717) is 0 Å². The molecule has 35 heavy (non-hydrogen) atoms. The topological polar surface area (TPSA) is 102 Å². The maximum Gasteiger partial charge on any atom is 0.320 e. The van der Waals surface area contributed by atoms with Crippen molar-refractivity contribution in [2.75, 3.05) is 0 Å². The van der Waals surface area contributed by atoms with Crippen molar-refractivity contribution in [1.29, 1.82) is 0 Å². The third-order valence-corrected chi connectivity index (χ3v) is 6.05. The fourth-order valence-corrected chi connectivity index (χ4v) is 4.45. The lowest BCUT2D eigenvalue weighted by Gasteiger charge is -2.07. The van der Waals surface area contributed by atoms with Gasteiger partial charge in [0.15, 0.2) is 0 Å². The van der Waals surface area contributed by atoms with E-state index in [0.717, 1.165) is 37.1 Å². The van der Waals surface area contributed by atoms with Crippen LogP contribution in [-0.2, 0) is 6.54 Å². The zero-order valence-electron chi connectivity index (χ0n) is 18.3. The molecular weight excluding hydrogens is 510 g/mol. The zero-order valence-corrected chi connectivity index (χ0v) is 19.8. The molecule has 0 aliphatic carbocycles. The minimum atomic E-state index is -0.759. The molecular formula is C26H18BrN5O3. The van der Waals surface area contributed by atoms with E-state index in [4.69, 9.17) is 0 Å². The van der Waals surface area contributed by atoms with Gasteiger partial charge in [-0.1, -0.05) is 76.6 Å². The van der Waals surface area contributed by atoms with Gasteiger partial charge in [-0.05, 0) is 45.3 Å². The Morgan fingerprint density at radius 2 is 1.71 bits per heavy atom. The standard InChI is InChI=1S/C26H18BrN5O3/c27-20-9-5-6-17(12-20)15-31-16-24(32(34)35)25(30-31)26(33)29-28-14-23-21-10-3-1-7-18(21)13-19-8-2-4-11-22(19)23/h1-14,16H,15H2,(H,29,33)/b28-14-. The molecule has 0 saturated heterocycles. The Labute approximate surface area is 208 Å². The van der Waals surface area contributed by atoms with Crippen LogP contribution in [0.4, 0.5) is 5.69 Å². The Morgan fingerprint density at radius 1 is 1.03 bits per heavy atom. The highest BCUT2D eigenvalue weighted by Gasteiger charge is 2.25. The summed E-state index contributed by atoms with van der Waals surface area (Å²) in [6.45, 7) is 0.277. The predicted octanol–water partition coefficient (Wildman–Crippen LogP) is 5.67. The summed E-state index contributed by atoms with van der Waals surface area (Å²) >= 11 is 3.40. The first-order valence-corrected chi connectivity index (χ1v) is 11.5. The highest BCUT2D eigenvalue weighted by Crippen LogP contribution is 2.27. The maximum absolute atomic E-state index is 12.8. The first-order valence-electron chi connectivity index (χ1n) is 10.7. The van der Waals surface area contributed by atoms with Crippen molar-refractivity contribution in [3.8, 4) is 0 Å². The molecule has 5 rings (SSSR count). The molecule has 1 aromatic heterocycles. The van der Waals surface area contributed by atoms with Gasteiger partial charge in [0.1, 0.15) is 6.20 Å². The number of halogens is 1. The number of rotatable bonds is 6. The molecule has 0 aliphatic rings. The molecule has 0 fully saturated rings. The van der Waals surface area contributed by atoms with Crippen LogP contribution in [0.2, 0.25) is 0 Å². The quantitative estimate of drug-likeness (QED) is 0.133. The maximum atomic E-state index is 12.8. The lowest BCUT2D eigenvalue weighted by Crippen LogP contribution is -2.20. The van der Waals surface area contributed by atoms with Crippen LogP contribution in [0.25, 0.3) is 21.5 Å². The Morgan fingerprint density at radius 3 is 2.37 bits per heavy atom. The molecule has 1 N–H and O–H groups in total. The number of nitrogens with one attached hydrogen (secondary N) is 1. The van der Waals surface area contributed by atoms with Crippen molar-refractivity contribution in [2.45, 2.75) is 6.54 Å². The molecule has 5 aromatic rings. The lowest BCUT2D eigenvalue weighted by molar-refractivity contribution is -0.385. The third-order valence-electron chi connectivity index (χ3n) is 5.56. The third kappa shape index (κ3) is 4.67. The van der Waals surface area contributed by atoms with Gasteiger partial charge in [0, 0.05) is 10.0 Å². The summed E-state index contributed by atoms with van der Waals surface area (Å²) in [5, 5.41) is 23.9. The van der Waals surface area contributed by atoms with Gasteiger partial charge in [-0.25, -0.2) is 5.43 Å². The number of amides is 1. The first-order chi connectivity index (χ1) is 17.0. The van der Waals surface area contributed by atoms with Crippen LogP contribution in [0.15, 0.2) is 94.6 Å². The Bertz CT molecular complexity index is 1570. The van der Waals surface area contributed by atoms with Crippen LogP contribution < -0.4 is 5.43 Å². The van der Waals surface area contributed by atoms with E-state index in [2.05, 4.69) is 37.6 Å². The van der Waals surface area contributed by atoms with Crippen molar-refractivity contribution >= 4 is 55.3 Å². The second-order valence-electron chi connectivity index (χ2n) is 7.88. The van der Waals surface area contributed by atoms with E-state index in [-0.39, 0.29) is 17.9 Å². The van der Waals surface area contributed by atoms with Crippen LogP contribution in [0.3, 0.4) is 0 Å². The SMILES string of the molecule is O=C(N/N=C\c1c2ccccc2cc2ccccc12)c1nn(Cc2cccc(Br)c2)cc1[N+](=O)[O-]. The van der Waals surface area contributed by atoms with Crippen LogP contribution in [0.5, 0.6) is 0 Å². The molecule has 0 aliphatic heterocycles. The van der Waals surface area contributed by atoms with Crippen molar-refractivity contribution in [3.63, 3.8) is 0 Å². The number of hydrazone groups is 1. The van der Waals surface area contributed by atoms with E-state index >= 15 is 0 Å². The average molecular weight is 528 g/mol. The summed E-state index contributed by atoms with van der Waals surface area (Å²) in [5.74, 6) is -0.759. The molecule has 4 aromatic carbocycles. The van der Waals surface area contributed by atoms with Crippen LogP contribution >= 0.6 is 15.9 Å². The number of carbonyl (C=O) groups is 1. The van der Waals surface area contributed by atoms with Crippen LogP contribution in [-0.4, -0.2) is 26.8 Å². The number of nitrogens with zero attached hydrogens (tertiary/aromatic N) is 4. The van der Waals surface area contributed by atoms with Gasteiger partial charge in [0.2, 0.25) is 5.69 Å². The average Bonchev–Trinajstić information content (AvgIpc) is 3.28. The van der Waals surface area contributed by atoms with E-state index in [9.17, 15) is 14.9 Å². The van der Waals surface area contributed by atoms with Gasteiger partial charge in [0.25, 0.3) is 5.91 Å². The minimum Gasteiger partial charge on any atom is -0.265 e. The van der Waals surface area contributed by atoms with Crippen molar-refractivity contribution < 1.29 is 9.72 Å². The highest BCUT2D eigenvalue weighted by molar-refractivity contribution is 9.10. The van der Waals surface area contributed by atoms with E-state index < -0.39 is 10.8 Å². The monoisotopic (exact) mass is 527 g/mol. The van der Waals surface area contributed by atoms with Gasteiger partial charge >= 0.3 is 5.69 Å². The Kier molecular flexibility index (Phi) is 6.07. The summed E-state index contributed by atoms with van der Waals surface area (Å²) < 4.78 is 2.25. The van der Waals surface area contributed by atoms with Gasteiger partial charge in [0.05, 0.1) is 17.7 Å². The Hall–Kier alpha value is -4.37. The van der Waals surface area contributed by atoms with Gasteiger partial charge < -0.3 is 0 Å². The molecule has 0 saturated carbocycles. The molecule has 172 valence electrons. The van der Waals surface area contributed by atoms with Gasteiger partial charge in [-0.3, -0.25) is 19.6 Å². The molecule has 0 unspecified atom stereocenters. The van der Waals surface area contributed by atoms with Crippen molar-refractivity contribution in [3.05, 3.63) is 116 Å². The van der Waals surface area contributed by atoms with E-state index in [1.807, 2.05) is 72.8 Å². The molecule has 0 spiro atoms. The van der Waals surface area contributed by atoms with Gasteiger partial charge in [-0.2, -0.15) is 10.2 Å². The fourth-order valence-electron chi connectivity index (χ4n) is 4.01. The summed E-state index contributed by atoms with van der Waals surface area (Å²) in [6, 6.07) is 25.4. The molecule has 9 heteroatoms. The first kappa shape index (κ1) is 22.4. The number of aromatic nitrogens is 2. The molecule has 1 amide bonds. The van der Waals surface area contributed by atoms with Crippen LogP contribution in [0, 0.1) is 10.1 Å². The normalized spacial score (nSPS) is 11.3. The summed E-state index contributed by atoms with van der Waals surface area (Å²) in [6.07, 6.45) is 2.81. The number of fused-ring (bicyclic) bond motifs is 2. The second-order valence-corrected chi connectivity index (χ2v) is 8.79. The summed E-state index contributed by atoms with van der Waals surface area (Å²) in [5.41, 5.74) is 3.43. The smallest absolute Gasteiger partial charge is 0.265 e. The molecule has 0 atom stereocenters. The van der Waals surface area contributed by atoms with Gasteiger partial charge in [-0.15, -0.1) is 0 Å². The van der Waals surface area contributed by atoms with Crippen molar-refractivity contribution in [2.24, 2.45) is 5.10 Å². The Balaban J connectivity index is 1.43. The highest BCUT2D eigenvalue weighted by atomic mass is 79.9. The van der Waals surface area contributed by atoms with E-state index in [1.54, 1.807) is 6.21 Å². The molecule has 1 heterocycles. The number of benzene rings is 4. The summed E-state index contributed by atoms with van der Waals surface area (Å²) in [7, 11) is 0. The lowest BCUT2D eigenvalue weighted by atomic mass is 9.97. The molecule has 0 radical (unpaired) electrons. The number of hydrogen-bond donors (Lipinski definition) is 1. The van der Waals surface area contributed by atoms with Crippen LogP contribution in [0.1, 0.15) is 21.6 Å². The fraction of sp³-hybridized carbons (Fsp3) is 0.0385. The van der Waals surface area contributed by atoms with E-state index in [1.165, 1.54) is 10.9 Å². The second kappa shape index (κ2) is 9.47. The molecule has 8 nitrogen and oxygen atoms in total. The number of hydrogen-bond acceptors (Lipinski definition) is 5. The predicted molar refractivity (Wildman–Crippen MR) is 139 cm³/mol. The molecule has 0 bridgehead atoms.